The Balaban J connectivity index is 1.24. The fourth-order valence-corrected chi connectivity index (χ4v) is 5.96. The van der Waals surface area contributed by atoms with Crippen LogP contribution in [-0.4, -0.2) is 69.9 Å². The molecule has 0 atom stereocenters. The van der Waals surface area contributed by atoms with Gasteiger partial charge in [-0.05, 0) is 23.8 Å². The summed E-state index contributed by atoms with van der Waals surface area (Å²) in [5.41, 5.74) is 2.51. The van der Waals surface area contributed by atoms with Gasteiger partial charge in [0.25, 0.3) is 5.91 Å². The van der Waals surface area contributed by atoms with Crippen molar-refractivity contribution in [1.82, 2.24) is 30.0 Å². The highest BCUT2D eigenvalue weighted by Crippen LogP contribution is 2.28. The molecule has 0 radical (unpaired) electrons. The van der Waals surface area contributed by atoms with E-state index in [1.54, 1.807) is 0 Å². The third-order valence-corrected chi connectivity index (χ3v) is 8.11. The summed E-state index contributed by atoms with van der Waals surface area (Å²) in [6, 6.07) is 17.9. The molecule has 1 saturated heterocycles. The monoisotopic (exact) mass is 554 g/mol. The average Bonchev–Trinajstić information content (AvgIpc) is 3.56. The van der Waals surface area contributed by atoms with E-state index in [9.17, 15) is 4.79 Å². The van der Waals surface area contributed by atoms with Crippen molar-refractivity contribution in [3.05, 3.63) is 87.1 Å². The van der Waals surface area contributed by atoms with E-state index >= 15 is 0 Å². The normalized spacial score (nSPS) is 14.1. The zero-order valence-corrected chi connectivity index (χ0v) is 22.6. The van der Waals surface area contributed by atoms with Gasteiger partial charge in [0.15, 0.2) is 5.16 Å². The summed E-state index contributed by atoms with van der Waals surface area (Å²) >= 11 is 9.31. The van der Waals surface area contributed by atoms with E-state index < -0.39 is 0 Å². The largest absolute Gasteiger partial charge is 0.379 e. The summed E-state index contributed by atoms with van der Waals surface area (Å²) in [5, 5.41) is 16.0. The smallest absolute Gasteiger partial charge is 0.270 e. The van der Waals surface area contributed by atoms with E-state index in [4.69, 9.17) is 16.3 Å². The standard InChI is InChI=1S/C26H27ClN6O2S2/c27-20-7-4-8-21(16-20)33-23(15-19-5-2-1-3-6-19)30-31-26(33)37-18-24-29-22(17-36-24)25(34)28-9-10-32-11-13-35-14-12-32/h1-8,16-17H,9-15,18H2,(H,28,34). The first-order valence-electron chi connectivity index (χ1n) is 12.1. The van der Waals surface area contributed by atoms with Crippen molar-refractivity contribution in [1.29, 1.82) is 0 Å². The number of rotatable bonds is 10. The van der Waals surface area contributed by atoms with Crippen LogP contribution in [0.5, 0.6) is 0 Å². The molecule has 2 aromatic carbocycles. The lowest BCUT2D eigenvalue weighted by molar-refractivity contribution is 0.0383. The van der Waals surface area contributed by atoms with Gasteiger partial charge in [-0.2, -0.15) is 0 Å². The number of aromatic nitrogens is 4. The summed E-state index contributed by atoms with van der Waals surface area (Å²) in [5.74, 6) is 1.26. The third-order valence-electron chi connectivity index (χ3n) is 5.90. The quantitative estimate of drug-likeness (QED) is 0.292. The van der Waals surface area contributed by atoms with E-state index in [-0.39, 0.29) is 5.91 Å². The molecule has 2 aromatic heterocycles. The molecule has 1 amide bonds. The molecule has 0 bridgehead atoms. The van der Waals surface area contributed by atoms with Gasteiger partial charge in [0.1, 0.15) is 16.5 Å². The number of thioether (sulfide) groups is 1. The molecular weight excluding hydrogens is 528 g/mol. The lowest BCUT2D eigenvalue weighted by Gasteiger charge is -2.26. The maximum atomic E-state index is 12.6. The molecule has 0 unspecified atom stereocenters. The number of amides is 1. The number of hydrogen-bond donors (Lipinski definition) is 1. The van der Waals surface area contributed by atoms with Crippen LogP contribution in [0.3, 0.4) is 0 Å². The van der Waals surface area contributed by atoms with Crippen molar-refractivity contribution in [3.63, 3.8) is 0 Å². The number of morpholine rings is 1. The zero-order valence-electron chi connectivity index (χ0n) is 20.2. The Kier molecular flexibility index (Phi) is 8.85. The molecule has 1 aliphatic rings. The average molecular weight is 555 g/mol. The lowest BCUT2D eigenvalue weighted by Crippen LogP contribution is -2.41. The number of carbonyl (C=O) groups excluding carboxylic acids is 1. The van der Waals surface area contributed by atoms with Gasteiger partial charge in [0.05, 0.1) is 24.7 Å². The Hall–Kier alpha value is -2.76. The molecule has 0 aliphatic carbocycles. The number of benzene rings is 2. The van der Waals surface area contributed by atoms with Gasteiger partial charge < -0.3 is 10.1 Å². The van der Waals surface area contributed by atoms with Crippen LogP contribution in [-0.2, 0) is 16.9 Å². The van der Waals surface area contributed by atoms with Crippen LogP contribution in [0, 0.1) is 0 Å². The molecule has 3 heterocycles. The maximum absolute atomic E-state index is 12.6. The van der Waals surface area contributed by atoms with Crippen molar-refractivity contribution in [2.24, 2.45) is 0 Å². The van der Waals surface area contributed by atoms with Gasteiger partial charge in [0.2, 0.25) is 0 Å². The first kappa shape index (κ1) is 25.9. The van der Waals surface area contributed by atoms with E-state index in [0.29, 0.717) is 29.4 Å². The van der Waals surface area contributed by atoms with Crippen LogP contribution in [0.25, 0.3) is 5.69 Å². The van der Waals surface area contributed by atoms with Crippen LogP contribution < -0.4 is 5.32 Å². The summed E-state index contributed by atoms with van der Waals surface area (Å²) in [4.78, 5) is 19.4. The van der Waals surface area contributed by atoms with Crippen molar-refractivity contribution in [2.75, 3.05) is 39.4 Å². The molecular formula is C26H27ClN6O2S2. The molecule has 1 N–H and O–H groups in total. The number of halogens is 1. The number of hydrogen-bond acceptors (Lipinski definition) is 8. The van der Waals surface area contributed by atoms with Crippen molar-refractivity contribution in [3.8, 4) is 5.69 Å². The summed E-state index contributed by atoms with van der Waals surface area (Å²) in [6.07, 6.45) is 0.646. The maximum Gasteiger partial charge on any atom is 0.270 e. The highest BCUT2D eigenvalue weighted by Gasteiger charge is 2.17. The second-order valence-electron chi connectivity index (χ2n) is 8.50. The first-order chi connectivity index (χ1) is 18.2. The minimum atomic E-state index is -0.145. The molecule has 0 spiro atoms. The summed E-state index contributed by atoms with van der Waals surface area (Å²) in [6.45, 7) is 4.71. The highest BCUT2D eigenvalue weighted by molar-refractivity contribution is 7.98. The Morgan fingerprint density at radius 3 is 2.76 bits per heavy atom. The second kappa shape index (κ2) is 12.7. The molecule has 1 aliphatic heterocycles. The van der Waals surface area contributed by atoms with Gasteiger partial charge in [-0.25, -0.2) is 4.98 Å². The van der Waals surface area contributed by atoms with Crippen LogP contribution in [0.15, 0.2) is 65.1 Å². The van der Waals surface area contributed by atoms with Crippen LogP contribution in [0.2, 0.25) is 5.02 Å². The molecule has 192 valence electrons. The molecule has 37 heavy (non-hydrogen) atoms. The molecule has 8 nitrogen and oxygen atoms in total. The van der Waals surface area contributed by atoms with Crippen molar-refractivity contribution in [2.45, 2.75) is 17.3 Å². The number of nitrogens with zero attached hydrogens (tertiary/aromatic N) is 5. The fourth-order valence-electron chi connectivity index (χ4n) is 4.01. The Morgan fingerprint density at radius 1 is 1.11 bits per heavy atom. The second-order valence-corrected chi connectivity index (χ2v) is 10.8. The Morgan fingerprint density at radius 2 is 1.95 bits per heavy atom. The Bertz CT molecular complexity index is 1320. The van der Waals surface area contributed by atoms with E-state index in [2.05, 4.69) is 37.5 Å². The van der Waals surface area contributed by atoms with E-state index in [1.807, 2.05) is 52.4 Å². The fraction of sp³-hybridized carbons (Fsp3) is 0.308. The zero-order chi connectivity index (χ0) is 25.5. The van der Waals surface area contributed by atoms with Crippen molar-refractivity contribution < 1.29 is 9.53 Å². The number of nitrogens with one attached hydrogen (secondary N) is 1. The highest BCUT2D eigenvalue weighted by atomic mass is 35.5. The van der Waals surface area contributed by atoms with Crippen LogP contribution >= 0.6 is 34.7 Å². The Labute approximate surface area is 229 Å². The third kappa shape index (κ3) is 6.97. The van der Waals surface area contributed by atoms with Gasteiger partial charge in [-0.3, -0.25) is 14.3 Å². The van der Waals surface area contributed by atoms with Gasteiger partial charge in [0, 0.05) is 43.0 Å². The van der Waals surface area contributed by atoms with E-state index in [0.717, 1.165) is 60.1 Å². The van der Waals surface area contributed by atoms with Gasteiger partial charge >= 0.3 is 0 Å². The minimum absolute atomic E-state index is 0.145. The summed E-state index contributed by atoms with van der Waals surface area (Å²) in [7, 11) is 0. The number of carbonyl (C=O) groups is 1. The minimum Gasteiger partial charge on any atom is -0.379 e. The SMILES string of the molecule is O=C(NCCN1CCOCC1)c1csc(CSc2nnc(Cc3ccccc3)n2-c2cccc(Cl)c2)n1. The van der Waals surface area contributed by atoms with Crippen LogP contribution in [0.1, 0.15) is 26.9 Å². The van der Waals surface area contributed by atoms with Gasteiger partial charge in [-0.15, -0.1) is 21.5 Å². The van der Waals surface area contributed by atoms with Crippen molar-refractivity contribution >= 4 is 40.6 Å². The van der Waals surface area contributed by atoms with Crippen LogP contribution in [0.4, 0.5) is 0 Å². The predicted octanol–water partition coefficient (Wildman–Crippen LogP) is 4.32. The molecule has 4 aromatic rings. The first-order valence-corrected chi connectivity index (χ1v) is 14.3. The number of thiazole rings is 1. The van der Waals surface area contributed by atoms with Gasteiger partial charge in [-0.1, -0.05) is 59.8 Å². The molecule has 0 saturated carbocycles. The molecule has 11 heteroatoms. The molecule has 1 fully saturated rings. The number of ether oxygens (including phenoxy) is 1. The van der Waals surface area contributed by atoms with E-state index in [1.165, 1.54) is 23.1 Å². The molecule has 5 rings (SSSR count). The topological polar surface area (TPSA) is 85.2 Å². The lowest BCUT2D eigenvalue weighted by atomic mass is 10.1. The predicted molar refractivity (Wildman–Crippen MR) is 147 cm³/mol. The summed E-state index contributed by atoms with van der Waals surface area (Å²) < 4.78 is 7.40.